The molecule has 1 rings (SSSR count). The van der Waals surface area contributed by atoms with Gasteiger partial charge in [0.25, 0.3) is 0 Å². The van der Waals surface area contributed by atoms with Crippen LogP contribution in [0.2, 0.25) is 5.02 Å². The van der Waals surface area contributed by atoms with Crippen molar-refractivity contribution in [2.75, 3.05) is 0 Å². The highest BCUT2D eigenvalue weighted by Gasteiger charge is 2.01. The van der Waals surface area contributed by atoms with E-state index in [2.05, 4.69) is 0 Å². The van der Waals surface area contributed by atoms with Crippen LogP contribution in [0.1, 0.15) is 18.9 Å². The van der Waals surface area contributed by atoms with Gasteiger partial charge in [0.1, 0.15) is 5.82 Å². The van der Waals surface area contributed by atoms with Crippen LogP contribution in [0, 0.1) is 5.82 Å². The minimum atomic E-state index is -0.369. The molecule has 0 aromatic heterocycles. The summed E-state index contributed by atoms with van der Waals surface area (Å²) in [4.78, 5) is 0. The van der Waals surface area contributed by atoms with Crippen molar-refractivity contribution >= 4 is 11.6 Å². The van der Waals surface area contributed by atoms with E-state index in [1.807, 2.05) is 6.92 Å². The predicted octanol–water partition coefficient (Wildman–Crippen LogP) is 2.76. The van der Waals surface area contributed by atoms with Crippen LogP contribution in [-0.2, 0) is 6.42 Å². The van der Waals surface area contributed by atoms with Gasteiger partial charge in [-0.3, -0.25) is 0 Å². The first kappa shape index (κ1) is 10.5. The van der Waals surface area contributed by atoms with Gasteiger partial charge in [-0.05, 0) is 37.5 Å². The average molecular weight is 202 g/mol. The maximum Gasteiger partial charge on any atom is 0.141 e. The van der Waals surface area contributed by atoms with E-state index < -0.39 is 0 Å². The molecule has 1 unspecified atom stereocenters. The van der Waals surface area contributed by atoms with Crippen molar-refractivity contribution in [3.05, 3.63) is 34.6 Å². The fraction of sp³-hybridized carbons (Fsp3) is 0.400. The Labute approximate surface area is 82.7 Å². The van der Waals surface area contributed by atoms with Crippen LogP contribution in [0.5, 0.6) is 0 Å². The van der Waals surface area contributed by atoms with Crippen molar-refractivity contribution in [2.45, 2.75) is 25.8 Å². The molecule has 0 saturated carbocycles. The molecular formula is C10H13ClFN. The Kier molecular flexibility index (Phi) is 3.70. The molecule has 0 bridgehead atoms. The van der Waals surface area contributed by atoms with Gasteiger partial charge >= 0.3 is 0 Å². The minimum absolute atomic E-state index is 0.170. The summed E-state index contributed by atoms with van der Waals surface area (Å²) in [5.74, 6) is -0.369. The molecule has 0 fully saturated rings. The van der Waals surface area contributed by atoms with Crippen molar-refractivity contribution in [3.8, 4) is 0 Å². The molecule has 0 radical (unpaired) electrons. The number of halogens is 2. The molecule has 0 aliphatic heterocycles. The maximum atomic E-state index is 12.7. The van der Waals surface area contributed by atoms with Crippen LogP contribution in [-0.4, -0.2) is 6.04 Å². The lowest BCUT2D eigenvalue weighted by molar-refractivity contribution is 0.625. The molecule has 1 nitrogen and oxygen atoms in total. The van der Waals surface area contributed by atoms with Gasteiger partial charge < -0.3 is 5.73 Å². The molecule has 72 valence electrons. The van der Waals surface area contributed by atoms with Crippen LogP contribution in [0.15, 0.2) is 18.2 Å². The maximum absolute atomic E-state index is 12.7. The van der Waals surface area contributed by atoms with Crippen LogP contribution < -0.4 is 5.73 Å². The van der Waals surface area contributed by atoms with Crippen LogP contribution in [0.3, 0.4) is 0 Å². The molecule has 2 N–H and O–H groups in total. The van der Waals surface area contributed by atoms with Gasteiger partial charge in [-0.25, -0.2) is 4.39 Å². The number of aryl methyl sites for hydroxylation is 1. The number of rotatable bonds is 3. The van der Waals surface area contributed by atoms with Gasteiger partial charge in [0.2, 0.25) is 0 Å². The van der Waals surface area contributed by atoms with Crippen molar-refractivity contribution in [1.82, 2.24) is 0 Å². The van der Waals surface area contributed by atoms with E-state index in [0.29, 0.717) is 0 Å². The zero-order valence-electron chi connectivity index (χ0n) is 7.56. The summed E-state index contributed by atoms with van der Waals surface area (Å²) < 4.78 is 12.7. The largest absolute Gasteiger partial charge is 0.328 e. The van der Waals surface area contributed by atoms with Crippen molar-refractivity contribution < 1.29 is 4.39 Å². The summed E-state index contributed by atoms with van der Waals surface area (Å²) in [6, 6.07) is 4.95. The van der Waals surface area contributed by atoms with E-state index in [0.717, 1.165) is 18.4 Å². The molecule has 0 aliphatic rings. The second-order valence-corrected chi connectivity index (χ2v) is 3.67. The lowest BCUT2D eigenvalue weighted by atomic mass is 10.1. The van der Waals surface area contributed by atoms with E-state index in [9.17, 15) is 4.39 Å². The third-order valence-electron chi connectivity index (χ3n) is 1.87. The molecule has 3 heteroatoms. The first-order valence-electron chi connectivity index (χ1n) is 4.29. The third-order valence-corrected chi connectivity index (χ3v) is 2.16. The first-order chi connectivity index (χ1) is 6.09. The van der Waals surface area contributed by atoms with E-state index in [-0.39, 0.29) is 16.9 Å². The number of hydrogen-bond acceptors (Lipinski definition) is 1. The molecule has 0 amide bonds. The van der Waals surface area contributed by atoms with Crippen molar-refractivity contribution in [2.24, 2.45) is 5.73 Å². The smallest absolute Gasteiger partial charge is 0.141 e. The highest BCUT2D eigenvalue weighted by atomic mass is 35.5. The average Bonchev–Trinajstić information content (AvgIpc) is 2.07. The standard InChI is InChI=1S/C10H13ClFN/c1-7(13)2-3-8-4-5-10(12)9(11)6-8/h4-7H,2-3,13H2,1H3. The molecule has 1 aromatic rings. The Bertz CT molecular complexity index is 286. The van der Waals surface area contributed by atoms with Crippen LogP contribution >= 0.6 is 11.6 Å². The Morgan fingerprint density at radius 1 is 1.54 bits per heavy atom. The quantitative estimate of drug-likeness (QED) is 0.800. The molecule has 13 heavy (non-hydrogen) atoms. The number of nitrogens with two attached hydrogens (primary N) is 1. The monoisotopic (exact) mass is 201 g/mol. The first-order valence-corrected chi connectivity index (χ1v) is 4.67. The van der Waals surface area contributed by atoms with Crippen molar-refractivity contribution in [1.29, 1.82) is 0 Å². The molecule has 0 saturated heterocycles. The summed E-state index contributed by atoms with van der Waals surface area (Å²) in [7, 11) is 0. The van der Waals surface area contributed by atoms with Gasteiger partial charge in [-0.1, -0.05) is 17.7 Å². The van der Waals surface area contributed by atoms with Gasteiger partial charge in [-0.15, -0.1) is 0 Å². The van der Waals surface area contributed by atoms with E-state index in [1.54, 1.807) is 12.1 Å². The molecule has 1 aromatic carbocycles. The van der Waals surface area contributed by atoms with E-state index in [1.165, 1.54) is 6.07 Å². The Morgan fingerprint density at radius 2 is 2.23 bits per heavy atom. The third kappa shape index (κ3) is 3.33. The minimum Gasteiger partial charge on any atom is -0.328 e. The molecule has 1 atom stereocenters. The van der Waals surface area contributed by atoms with E-state index in [4.69, 9.17) is 17.3 Å². The van der Waals surface area contributed by atoms with Gasteiger partial charge in [-0.2, -0.15) is 0 Å². The lowest BCUT2D eigenvalue weighted by Gasteiger charge is -2.05. The second kappa shape index (κ2) is 4.58. The fourth-order valence-corrected chi connectivity index (χ4v) is 1.29. The summed E-state index contributed by atoms with van der Waals surface area (Å²) in [6.45, 7) is 1.95. The van der Waals surface area contributed by atoms with Gasteiger partial charge in [0, 0.05) is 6.04 Å². The molecular weight excluding hydrogens is 189 g/mol. The summed E-state index contributed by atoms with van der Waals surface area (Å²) in [6.07, 6.45) is 1.74. The Morgan fingerprint density at radius 3 is 2.77 bits per heavy atom. The molecule has 0 heterocycles. The Hall–Kier alpha value is -0.600. The predicted molar refractivity (Wildman–Crippen MR) is 53.4 cm³/mol. The lowest BCUT2D eigenvalue weighted by Crippen LogP contribution is -2.15. The van der Waals surface area contributed by atoms with Crippen LogP contribution in [0.25, 0.3) is 0 Å². The van der Waals surface area contributed by atoms with Gasteiger partial charge in [0.05, 0.1) is 5.02 Å². The zero-order chi connectivity index (χ0) is 9.84. The zero-order valence-corrected chi connectivity index (χ0v) is 8.31. The fourth-order valence-electron chi connectivity index (χ4n) is 1.09. The Balaban J connectivity index is 2.63. The SMILES string of the molecule is CC(N)CCc1ccc(F)c(Cl)c1. The second-order valence-electron chi connectivity index (χ2n) is 3.26. The van der Waals surface area contributed by atoms with Gasteiger partial charge in [0.15, 0.2) is 0 Å². The van der Waals surface area contributed by atoms with Crippen LogP contribution in [0.4, 0.5) is 4.39 Å². The summed E-state index contributed by atoms with van der Waals surface area (Å²) in [5.41, 5.74) is 6.63. The highest BCUT2D eigenvalue weighted by Crippen LogP contribution is 2.17. The highest BCUT2D eigenvalue weighted by molar-refractivity contribution is 6.30. The molecule has 0 spiro atoms. The topological polar surface area (TPSA) is 26.0 Å². The molecule has 0 aliphatic carbocycles. The van der Waals surface area contributed by atoms with Crippen molar-refractivity contribution in [3.63, 3.8) is 0 Å². The summed E-state index contributed by atoms with van der Waals surface area (Å²) >= 11 is 5.62. The summed E-state index contributed by atoms with van der Waals surface area (Å²) in [5, 5.41) is 0.183. The number of benzene rings is 1. The normalized spacial score (nSPS) is 12.9. The van der Waals surface area contributed by atoms with E-state index >= 15 is 0 Å². The number of hydrogen-bond donors (Lipinski definition) is 1.